The highest BCUT2D eigenvalue weighted by Crippen LogP contribution is 2.65. The summed E-state index contributed by atoms with van der Waals surface area (Å²) in [4.78, 5) is 15.3. The fraction of sp³-hybridized carbons (Fsp3) is 0.571. The number of hydrogen-bond donors (Lipinski definition) is 2. The van der Waals surface area contributed by atoms with Gasteiger partial charge in [-0.1, -0.05) is 25.1 Å². The molecule has 2 fully saturated rings. The molecule has 3 aliphatic heterocycles. The Bertz CT molecular complexity index is 856. The number of carbonyl (C=O) groups is 1. The van der Waals surface area contributed by atoms with Crippen LogP contribution in [0.1, 0.15) is 31.7 Å². The van der Waals surface area contributed by atoms with Gasteiger partial charge in [-0.3, -0.25) is 4.90 Å². The normalized spacial score (nSPS) is 39.5. The molecule has 1 aliphatic carbocycles. The fourth-order valence-corrected chi connectivity index (χ4v) is 6.92. The van der Waals surface area contributed by atoms with Gasteiger partial charge in [0.15, 0.2) is 0 Å². The zero-order valence-corrected chi connectivity index (χ0v) is 16.4. The number of anilines is 1. The van der Waals surface area contributed by atoms with Crippen LogP contribution in [0.4, 0.5) is 5.69 Å². The van der Waals surface area contributed by atoms with Crippen molar-refractivity contribution in [2.45, 2.75) is 49.1 Å². The molecule has 2 N–H and O–H groups in total. The van der Waals surface area contributed by atoms with E-state index in [2.05, 4.69) is 35.3 Å². The molecule has 0 aromatic heterocycles. The number of nitrogens with one attached hydrogen (secondary N) is 1. The molecule has 4 aliphatic rings. The Morgan fingerprint density at radius 3 is 2.96 bits per heavy atom. The number of para-hydroxylation sites is 1. The van der Waals surface area contributed by atoms with Gasteiger partial charge in [-0.2, -0.15) is 0 Å². The average molecular weight is 389 g/mol. The highest BCUT2D eigenvalue weighted by molar-refractivity contribution is 6.21. The number of benzene rings is 1. The summed E-state index contributed by atoms with van der Waals surface area (Å²) >= 11 is 6.61. The van der Waals surface area contributed by atoms with Crippen molar-refractivity contribution in [3.63, 3.8) is 0 Å². The van der Waals surface area contributed by atoms with Gasteiger partial charge in [0.2, 0.25) is 0 Å². The van der Waals surface area contributed by atoms with Crippen LogP contribution in [0.5, 0.6) is 0 Å². The van der Waals surface area contributed by atoms with E-state index in [0.717, 1.165) is 30.8 Å². The van der Waals surface area contributed by atoms with Gasteiger partial charge in [0.25, 0.3) is 0 Å². The number of carbonyl (C=O) groups excluding carboxylic acids is 1. The van der Waals surface area contributed by atoms with Crippen molar-refractivity contribution in [2.75, 3.05) is 25.5 Å². The first kappa shape index (κ1) is 17.5. The summed E-state index contributed by atoms with van der Waals surface area (Å²) < 4.78 is 5.17. The Hall–Kier alpha value is -1.56. The second-order valence-electron chi connectivity index (χ2n) is 8.36. The quantitative estimate of drug-likeness (QED) is 0.602. The lowest BCUT2D eigenvalue weighted by Gasteiger charge is -2.58. The van der Waals surface area contributed by atoms with Crippen LogP contribution in [-0.4, -0.2) is 53.7 Å². The molecule has 1 aromatic rings. The summed E-state index contributed by atoms with van der Waals surface area (Å²) in [7, 11) is 1.43. The molecule has 0 unspecified atom stereocenters. The molecule has 0 radical (unpaired) electrons. The van der Waals surface area contributed by atoms with Crippen LogP contribution < -0.4 is 5.32 Å². The van der Waals surface area contributed by atoms with E-state index in [0.29, 0.717) is 18.5 Å². The lowest BCUT2D eigenvalue weighted by Crippen LogP contribution is -2.68. The third-order valence-corrected chi connectivity index (χ3v) is 7.90. The van der Waals surface area contributed by atoms with Gasteiger partial charge in [-0.15, -0.1) is 11.6 Å². The molecule has 5 atom stereocenters. The lowest BCUT2D eigenvalue weighted by atomic mass is 9.52. The molecule has 1 spiro atoms. The van der Waals surface area contributed by atoms with E-state index >= 15 is 0 Å². The predicted molar refractivity (Wildman–Crippen MR) is 104 cm³/mol. The van der Waals surface area contributed by atoms with E-state index < -0.39 is 11.5 Å². The molecule has 5 rings (SSSR count). The molecule has 0 bridgehead atoms. The zero-order valence-electron chi connectivity index (χ0n) is 15.7. The standard InChI is InChI=1S/C21H25ClN2O3/c1-3-20-10-12(18(26)27-2)16-21(13-6-4-5-7-15(13)23-16)8-9-24(19(20)21)11-14(22)17(20)25/h4-7,14,17,19,23,25H,3,8-11H2,1-2H3/t14-,17+,19+,20-,21+/m1/s1. The first-order valence-corrected chi connectivity index (χ1v) is 10.2. The molecule has 1 aromatic carbocycles. The number of piperidine rings is 1. The van der Waals surface area contributed by atoms with Crippen LogP contribution >= 0.6 is 11.6 Å². The Balaban J connectivity index is 1.82. The number of esters is 1. The minimum atomic E-state index is -0.658. The Morgan fingerprint density at radius 2 is 2.22 bits per heavy atom. The topological polar surface area (TPSA) is 61.8 Å². The Morgan fingerprint density at radius 1 is 1.44 bits per heavy atom. The van der Waals surface area contributed by atoms with Crippen LogP contribution in [0.2, 0.25) is 0 Å². The lowest BCUT2D eigenvalue weighted by molar-refractivity contribution is -0.139. The van der Waals surface area contributed by atoms with Gasteiger partial charge < -0.3 is 15.2 Å². The second kappa shape index (κ2) is 5.72. The summed E-state index contributed by atoms with van der Waals surface area (Å²) in [6.07, 6.45) is 1.50. The number of ether oxygens (including phenoxy) is 1. The second-order valence-corrected chi connectivity index (χ2v) is 8.92. The summed E-state index contributed by atoms with van der Waals surface area (Å²) in [5.74, 6) is -0.307. The van der Waals surface area contributed by atoms with E-state index in [-0.39, 0.29) is 22.8 Å². The van der Waals surface area contributed by atoms with E-state index in [9.17, 15) is 9.90 Å². The maximum atomic E-state index is 12.8. The van der Waals surface area contributed by atoms with Crippen molar-refractivity contribution in [3.05, 3.63) is 41.1 Å². The predicted octanol–water partition coefficient (Wildman–Crippen LogP) is 2.63. The maximum Gasteiger partial charge on any atom is 0.335 e. The Labute approximate surface area is 164 Å². The van der Waals surface area contributed by atoms with Crippen molar-refractivity contribution >= 4 is 23.3 Å². The molecule has 5 nitrogen and oxygen atoms in total. The monoisotopic (exact) mass is 388 g/mol. The molecular weight excluding hydrogens is 364 g/mol. The van der Waals surface area contributed by atoms with Gasteiger partial charge in [-0.05, 0) is 37.4 Å². The Kier molecular flexibility index (Phi) is 3.72. The molecule has 3 heterocycles. The van der Waals surface area contributed by atoms with Crippen molar-refractivity contribution in [3.8, 4) is 0 Å². The first-order chi connectivity index (χ1) is 13.0. The van der Waals surface area contributed by atoms with E-state index in [1.54, 1.807) is 0 Å². The molecular formula is C21H25ClN2O3. The summed E-state index contributed by atoms with van der Waals surface area (Å²) in [5.41, 5.74) is 3.15. The summed E-state index contributed by atoms with van der Waals surface area (Å²) in [6.45, 7) is 3.70. The van der Waals surface area contributed by atoms with E-state index in [1.807, 2.05) is 6.07 Å². The van der Waals surface area contributed by atoms with Gasteiger partial charge in [0, 0.05) is 29.4 Å². The van der Waals surface area contributed by atoms with E-state index in [1.165, 1.54) is 12.7 Å². The SMILES string of the molecule is CC[C@@]12CC(C(=O)OC)=C3Nc4ccccc4[C@@]34CCN(C[C@@H](Cl)[C@@H]1O)[C@@H]24. The van der Waals surface area contributed by atoms with Crippen molar-refractivity contribution < 1.29 is 14.6 Å². The third-order valence-electron chi connectivity index (χ3n) is 7.52. The number of halogens is 1. The fourth-order valence-electron chi connectivity index (χ4n) is 6.49. The van der Waals surface area contributed by atoms with Crippen molar-refractivity contribution in [1.82, 2.24) is 4.90 Å². The highest BCUT2D eigenvalue weighted by atomic mass is 35.5. The van der Waals surface area contributed by atoms with Crippen LogP contribution in [-0.2, 0) is 14.9 Å². The molecule has 0 amide bonds. The van der Waals surface area contributed by atoms with Gasteiger partial charge in [0.05, 0.1) is 29.6 Å². The van der Waals surface area contributed by atoms with Crippen LogP contribution in [0.25, 0.3) is 0 Å². The number of nitrogens with zero attached hydrogens (tertiary/aromatic N) is 1. The number of hydrogen-bond acceptors (Lipinski definition) is 5. The summed E-state index contributed by atoms with van der Waals surface area (Å²) in [6, 6.07) is 8.44. The molecule has 6 heteroatoms. The largest absolute Gasteiger partial charge is 0.466 e. The molecule has 0 saturated carbocycles. The first-order valence-electron chi connectivity index (χ1n) is 9.74. The van der Waals surface area contributed by atoms with Crippen LogP contribution in [0.3, 0.4) is 0 Å². The number of methoxy groups -OCH3 is 1. The number of aliphatic hydroxyl groups excluding tert-OH is 1. The maximum absolute atomic E-state index is 12.8. The summed E-state index contributed by atoms with van der Waals surface area (Å²) in [5, 5.41) is 14.5. The van der Waals surface area contributed by atoms with Crippen molar-refractivity contribution in [2.24, 2.45) is 5.41 Å². The zero-order chi connectivity index (χ0) is 19.0. The number of rotatable bonds is 2. The van der Waals surface area contributed by atoms with Gasteiger partial charge in [-0.25, -0.2) is 4.79 Å². The number of fused-ring (bicyclic) bond motifs is 1. The average Bonchev–Trinajstić information content (AvgIpc) is 3.24. The van der Waals surface area contributed by atoms with Crippen LogP contribution in [0.15, 0.2) is 35.5 Å². The number of aliphatic hydroxyl groups is 1. The smallest absolute Gasteiger partial charge is 0.335 e. The minimum absolute atomic E-state index is 0.125. The van der Waals surface area contributed by atoms with E-state index in [4.69, 9.17) is 16.3 Å². The minimum Gasteiger partial charge on any atom is -0.466 e. The van der Waals surface area contributed by atoms with Gasteiger partial charge in [0.1, 0.15) is 0 Å². The number of alkyl halides is 1. The highest BCUT2D eigenvalue weighted by Gasteiger charge is 2.69. The molecule has 2 saturated heterocycles. The van der Waals surface area contributed by atoms with Crippen molar-refractivity contribution in [1.29, 1.82) is 0 Å². The third kappa shape index (κ3) is 1.95. The molecule has 27 heavy (non-hydrogen) atoms. The molecule has 144 valence electrons. The van der Waals surface area contributed by atoms with Crippen LogP contribution in [0, 0.1) is 5.41 Å². The van der Waals surface area contributed by atoms with Gasteiger partial charge >= 0.3 is 5.97 Å².